The third kappa shape index (κ3) is 5.94. The van der Waals surface area contributed by atoms with Gasteiger partial charge in [0.05, 0.1) is 16.4 Å². The summed E-state index contributed by atoms with van der Waals surface area (Å²) < 4.78 is 7.63. The predicted molar refractivity (Wildman–Crippen MR) is 123 cm³/mol. The van der Waals surface area contributed by atoms with Crippen LogP contribution in [0, 0.1) is 24.0 Å². The Bertz CT molecular complexity index is 1130. The SMILES string of the molecule is C=CCn1c(COc2ccc(C)cc2)nnc1SCC(=O)Nc1cc([N+](=O)[O-])ccc1C. The molecular formula is C22H23N5O4S. The van der Waals surface area contributed by atoms with Crippen LogP contribution in [-0.4, -0.2) is 31.3 Å². The Balaban J connectivity index is 1.63. The molecule has 0 bridgehead atoms. The van der Waals surface area contributed by atoms with Gasteiger partial charge in [0, 0.05) is 18.7 Å². The first kappa shape index (κ1) is 23.0. The second-order valence-corrected chi connectivity index (χ2v) is 7.94. The number of nitrogens with one attached hydrogen (secondary N) is 1. The zero-order chi connectivity index (χ0) is 23.1. The van der Waals surface area contributed by atoms with Gasteiger partial charge in [-0.1, -0.05) is 41.6 Å². The van der Waals surface area contributed by atoms with E-state index in [9.17, 15) is 14.9 Å². The lowest BCUT2D eigenvalue weighted by molar-refractivity contribution is -0.384. The maximum atomic E-state index is 12.4. The number of aryl methyl sites for hydroxylation is 2. The number of non-ortho nitro benzene ring substituents is 1. The second-order valence-electron chi connectivity index (χ2n) is 6.99. The number of thioether (sulfide) groups is 1. The molecule has 0 spiro atoms. The number of anilines is 1. The number of nitro groups is 1. The van der Waals surface area contributed by atoms with Crippen LogP contribution in [-0.2, 0) is 17.9 Å². The first-order chi connectivity index (χ1) is 15.4. The van der Waals surface area contributed by atoms with E-state index in [1.807, 2.05) is 35.8 Å². The number of hydrogen-bond acceptors (Lipinski definition) is 7. The molecule has 0 fully saturated rings. The van der Waals surface area contributed by atoms with Crippen molar-refractivity contribution in [2.45, 2.75) is 32.2 Å². The van der Waals surface area contributed by atoms with E-state index in [0.29, 0.717) is 23.2 Å². The van der Waals surface area contributed by atoms with Crippen molar-refractivity contribution in [3.05, 3.63) is 82.2 Å². The lowest BCUT2D eigenvalue weighted by Crippen LogP contribution is -2.16. The van der Waals surface area contributed by atoms with Crippen LogP contribution in [0.15, 0.2) is 60.3 Å². The van der Waals surface area contributed by atoms with E-state index in [1.54, 1.807) is 19.1 Å². The topological polar surface area (TPSA) is 112 Å². The van der Waals surface area contributed by atoms with E-state index in [-0.39, 0.29) is 24.0 Å². The summed E-state index contributed by atoms with van der Waals surface area (Å²) in [6, 6.07) is 12.1. The molecule has 166 valence electrons. The number of aromatic nitrogens is 3. The monoisotopic (exact) mass is 453 g/mol. The van der Waals surface area contributed by atoms with Gasteiger partial charge in [-0.05, 0) is 31.5 Å². The van der Waals surface area contributed by atoms with E-state index < -0.39 is 4.92 Å². The summed E-state index contributed by atoms with van der Waals surface area (Å²) in [5.41, 5.74) is 2.20. The maximum absolute atomic E-state index is 12.4. The zero-order valence-electron chi connectivity index (χ0n) is 17.8. The van der Waals surface area contributed by atoms with Crippen molar-refractivity contribution in [2.24, 2.45) is 0 Å². The summed E-state index contributed by atoms with van der Waals surface area (Å²) >= 11 is 1.22. The van der Waals surface area contributed by atoms with Crippen molar-refractivity contribution in [1.29, 1.82) is 0 Å². The highest BCUT2D eigenvalue weighted by Crippen LogP contribution is 2.23. The fourth-order valence-corrected chi connectivity index (χ4v) is 3.57. The molecule has 1 amide bonds. The van der Waals surface area contributed by atoms with Crippen molar-refractivity contribution in [3.8, 4) is 5.75 Å². The van der Waals surface area contributed by atoms with Crippen LogP contribution >= 0.6 is 11.8 Å². The van der Waals surface area contributed by atoms with Crippen LogP contribution in [0.1, 0.15) is 17.0 Å². The second kappa shape index (κ2) is 10.6. The number of ether oxygens (including phenoxy) is 1. The van der Waals surface area contributed by atoms with Gasteiger partial charge in [0.25, 0.3) is 5.69 Å². The molecule has 2 aromatic carbocycles. The fraction of sp³-hybridized carbons (Fsp3) is 0.227. The Morgan fingerprint density at radius 3 is 2.69 bits per heavy atom. The Morgan fingerprint density at radius 1 is 1.25 bits per heavy atom. The molecule has 1 heterocycles. The van der Waals surface area contributed by atoms with Crippen LogP contribution in [0.2, 0.25) is 0 Å². The van der Waals surface area contributed by atoms with Crippen LogP contribution < -0.4 is 10.1 Å². The number of carbonyl (C=O) groups excluding carboxylic acids is 1. The highest BCUT2D eigenvalue weighted by Gasteiger charge is 2.16. The molecule has 0 radical (unpaired) electrons. The van der Waals surface area contributed by atoms with E-state index >= 15 is 0 Å². The van der Waals surface area contributed by atoms with Gasteiger partial charge in [-0.15, -0.1) is 16.8 Å². The van der Waals surface area contributed by atoms with Gasteiger partial charge in [-0.3, -0.25) is 19.5 Å². The fourth-order valence-electron chi connectivity index (χ4n) is 2.80. The number of allylic oxidation sites excluding steroid dienone is 1. The van der Waals surface area contributed by atoms with Crippen molar-refractivity contribution in [3.63, 3.8) is 0 Å². The molecule has 9 nitrogen and oxygen atoms in total. The quantitative estimate of drug-likeness (QED) is 0.211. The van der Waals surface area contributed by atoms with Gasteiger partial charge in [0.1, 0.15) is 12.4 Å². The van der Waals surface area contributed by atoms with Crippen LogP contribution in [0.4, 0.5) is 11.4 Å². The number of nitrogens with zero attached hydrogens (tertiary/aromatic N) is 4. The van der Waals surface area contributed by atoms with Crippen LogP contribution in [0.25, 0.3) is 0 Å². The summed E-state index contributed by atoms with van der Waals surface area (Å²) in [6.07, 6.45) is 1.72. The lowest BCUT2D eigenvalue weighted by Gasteiger charge is -2.10. The molecular weight excluding hydrogens is 430 g/mol. The molecule has 10 heteroatoms. The molecule has 32 heavy (non-hydrogen) atoms. The Hall–Kier alpha value is -3.66. The molecule has 0 atom stereocenters. The summed E-state index contributed by atoms with van der Waals surface area (Å²) in [5.74, 6) is 1.10. The minimum Gasteiger partial charge on any atom is -0.486 e. The predicted octanol–water partition coefficient (Wildman–Crippen LogP) is 4.30. The Morgan fingerprint density at radius 2 is 2.00 bits per heavy atom. The van der Waals surface area contributed by atoms with Crippen LogP contribution in [0.5, 0.6) is 5.75 Å². The van der Waals surface area contributed by atoms with E-state index in [0.717, 1.165) is 16.9 Å². The molecule has 3 rings (SSSR count). The first-order valence-corrected chi connectivity index (χ1v) is 10.8. The van der Waals surface area contributed by atoms with E-state index in [2.05, 4.69) is 22.1 Å². The number of hydrogen-bond donors (Lipinski definition) is 1. The minimum atomic E-state index is -0.498. The molecule has 3 aromatic rings. The van der Waals surface area contributed by atoms with E-state index in [1.165, 1.54) is 23.9 Å². The molecule has 0 aliphatic carbocycles. The zero-order valence-corrected chi connectivity index (χ0v) is 18.6. The average Bonchev–Trinajstić information content (AvgIpc) is 3.15. The number of amides is 1. The average molecular weight is 454 g/mol. The molecule has 0 saturated heterocycles. The summed E-state index contributed by atoms with van der Waals surface area (Å²) in [6.45, 7) is 8.24. The van der Waals surface area contributed by atoms with Crippen LogP contribution in [0.3, 0.4) is 0 Å². The smallest absolute Gasteiger partial charge is 0.271 e. The van der Waals surface area contributed by atoms with Gasteiger partial charge in [0.15, 0.2) is 11.0 Å². The number of carbonyl (C=O) groups is 1. The highest BCUT2D eigenvalue weighted by molar-refractivity contribution is 7.99. The molecule has 1 aromatic heterocycles. The van der Waals surface area contributed by atoms with Crippen molar-refractivity contribution in [1.82, 2.24) is 14.8 Å². The third-order valence-electron chi connectivity index (χ3n) is 4.53. The standard InChI is InChI=1S/C22H23N5O4S/c1-4-11-26-20(13-31-18-9-5-15(2)6-10-18)24-25-22(26)32-14-21(28)23-19-12-17(27(29)30)8-7-16(19)3/h4-10,12H,1,11,13-14H2,2-3H3,(H,23,28). The van der Waals surface area contributed by atoms with E-state index in [4.69, 9.17) is 4.74 Å². The Labute approximate surface area is 189 Å². The molecule has 0 aliphatic rings. The Kier molecular flexibility index (Phi) is 7.61. The lowest BCUT2D eigenvalue weighted by atomic mass is 10.2. The third-order valence-corrected chi connectivity index (χ3v) is 5.50. The minimum absolute atomic E-state index is 0.0657. The molecule has 0 saturated carbocycles. The summed E-state index contributed by atoms with van der Waals surface area (Å²) in [5, 5.41) is 22.6. The van der Waals surface area contributed by atoms with Gasteiger partial charge in [-0.2, -0.15) is 0 Å². The molecule has 0 aliphatic heterocycles. The molecule has 0 unspecified atom stereocenters. The molecule has 1 N–H and O–H groups in total. The normalized spacial score (nSPS) is 10.6. The highest BCUT2D eigenvalue weighted by atomic mass is 32.2. The number of rotatable bonds is 10. The van der Waals surface area contributed by atoms with Crippen molar-refractivity contribution in [2.75, 3.05) is 11.1 Å². The van der Waals surface area contributed by atoms with Gasteiger partial charge < -0.3 is 10.1 Å². The summed E-state index contributed by atoms with van der Waals surface area (Å²) in [4.78, 5) is 22.9. The van der Waals surface area contributed by atoms with Gasteiger partial charge >= 0.3 is 0 Å². The van der Waals surface area contributed by atoms with Crippen molar-refractivity contribution >= 4 is 29.0 Å². The number of nitro benzene ring substituents is 1. The maximum Gasteiger partial charge on any atom is 0.271 e. The first-order valence-electron chi connectivity index (χ1n) is 9.77. The summed E-state index contributed by atoms with van der Waals surface area (Å²) in [7, 11) is 0. The largest absolute Gasteiger partial charge is 0.486 e. The number of benzene rings is 2. The van der Waals surface area contributed by atoms with Crippen molar-refractivity contribution < 1.29 is 14.5 Å². The van der Waals surface area contributed by atoms with Gasteiger partial charge in [-0.25, -0.2) is 0 Å². The van der Waals surface area contributed by atoms with Gasteiger partial charge in [0.2, 0.25) is 5.91 Å².